The maximum Gasteiger partial charge on any atom is 0.247 e. The smallest absolute Gasteiger partial charge is 0.247 e. The van der Waals surface area contributed by atoms with Crippen molar-refractivity contribution in [3.8, 4) is 17.2 Å². The zero-order valence-electron chi connectivity index (χ0n) is 12.4. The minimum atomic E-state index is 0.457. The van der Waals surface area contributed by atoms with Gasteiger partial charge in [-0.05, 0) is 36.4 Å². The molecule has 0 amide bonds. The maximum absolute atomic E-state index is 5.80. The summed E-state index contributed by atoms with van der Waals surface area (Å²) in [4.78, 5) is 4.56. The van der Waals surface area contributed by atoms with Crippen molar-refractivity contribution in [2.45, 2.75) is 13.5 Å². The molecule has 0 N–H and O–H groups in total. The SMILES string of the molecule is Cc1nnc(-c2ccc(OCc3nc4ccccc4s3)cc2)o1. The second-order valence-electron chi connectivity index (χ2n) is 5.01. The van der Waals surface area contributed by atoms with Crippen molar-refractivity contribution >= 4 is 21.6 Å². The number of thiazole rings is 1. The van der Waals surface area contributed by atoms with E-state index in [0.29, 0.717) is 18.4 Å². The molecule has 0 aliphatic carbocycles. The summed E-state index contributed by atoms with van der Waals surface area (Å²) in [5, 5.41) is 8.79. The van der Waals surface area contributed by atoms with E-state index in [1.54, 1.807) is 18.3 Å². The van der Waals surface area contributed by atoms with Crippen LogP contribution in [0.5, 0.6) is 5.75 Å². The minimum absolute atomic E-state index is 0.457. The lowest BCUT2D eigenvalue weighted by Crippen LogP contribution is -1.94. The summed E-state index contributed by atoms with van der Waals surface area (Å²) in [6.07, 6.45) is 0. The second kappa shape index (κ2) is 5.81. The zero-order valence-corrected chi connectivity index (χ0v) is 13.2. The molecule has 2 aromatic carbocycles. The van der Waals surface area contributed by atoms with E-state index in [0.717, 1.165) is 21.8 Å². The van der Waals surface area contributed by atoms with Crippen LogP contribution in [0, 0.1) is 6.92 Å². The van der Waals surface area contributed by atoms with E-state index < -0.39 is 0 Å². The first-order chi connectivity index (χ1) is 11.3. The van der Waals surface area contributed by atoms with Crippen LogP contribution in [-0.2, 0) is 6.61 Å². The molecule has 0 aliphatic heterocycles. The Morgan fingerprint density at radius 1 is 1.04 bits per heavy atom. The van der Waals surface area contributed by atoms with Crippen LogP contribution in [0.15, 0.2) is 52.9 Å². The molecule has 5 nitrogen and oxygen atoms in total. The highest BCUT2D eigenvalue weighted by Crippen LogP contribution is 2.24. The number of para-hydroxylation sites is 1. The fraction of sp³-hybridized carbons (Fsp3) is 0.118. The number of nitrogens with zero attached hydrogens (tertiary/aromatic N) is 3. The first kappa shape index (κ1) is 13.9. The van der Waals surface area contributed by atoms with Gasteiger partial charge >= 0.3 is 0 Å². The zero-order chi connectivity index (χ0) is 15.6. The van der Waals surface area contributed by atoms with Crippen LogP contribution in [0.4, 0.5) is 0 Å². The highest BCUT2D eigenvalue weighted by Gasteiger charge is 2.07. The molecule has 2 aromatic heterocycles. The van der Waals surface area contributed by atoms with E-state index in [-0.39, 0.29) is 0 Å². The van der Waals surface area contributed by atoms with Crippen LogP contribution < -0.4 is 4.74 Å². The Morgan fingerprint density at radius 2 is 1.87 bits per heavy atom. The standard InChI is InChI=1S/C17H13N3O2S/c1-11-19-20-17(22-11)12-6-8-13(9-7-12)21-10-16-18-14-4-2-3-5-15(14)23-16/h2-9H,10H2,1H3. The maximum atomic E-state index is 5.80. The molecule has 114 valence electrons. The van der Waals surface area contributed by atoms with Gasteiger partial charge in [-0.1, -0.05) is 12.1 Å². The normalized spacial score (nSPS) is 11.0. The minimum Gasteiger partial charge on any atom is -0.486 e. The molecule has 0 saturated heterocycles. The van der Waals surface area contributed by atoms with Gasteiger partial charge in [-0.3, -0.25) is 0 Å². The van der Waals surface area contributed by atoms with E-state index in [2.05, 4.69) is 21.2 Å². The quantitative estimate of drug-likeness (QED) is 0.562. The first-order valence-electron chi connectivity index (χ1n) is 7.16. The Kier molecular flexibility index (Phi) is 3.51. The highest BCUT2D eigenvalue weighted by molar-refractivity contribution is 7.18. The van der Waals surface area contributed by atoms with Crippen LogP contribution >= 0.6 is 11.3 Å². The molecule has 6 heteroatoms. The van der Waals surface area contributed by atoms with Crippen molar-refractivity contribution < 1.29 is 9.15 Å². The second-order valence-corrected chi connectivity index (χ2v) is 6.13. The first-order valence-corrected chi connectivity index (χ1v) is 7.97. The molecule has 0 saturated carbocycles. The van der Waals surface area contributed by atoms with E-state index in [1.165, 1.54) is 4.70 Å². The lowest BCUT2D eigenvalue weighted by Gasteiger charge is -2.04. The molecular formula is C17H13N3O2S. The number of hydrogen-bond donors (Lipinski definition) is 0. The molecule has 23 heavy (non-hydrogen) atoms. The van der Waals surface area contributed by atoms with Crippen LogP contribution in [0.3, 0.4) is 0 Å². The molecule has 0 fully saturated rings. The van der Waals surface area contributed by atoms with Crippen LogP contribution in [0.2, 0.25) is 0 Å². The van der Waals surface area contributed by atoms with Gasteiger partial charge in [-0.2, -0.15) is 0 Å². The summed E-state index contributed by atoms with van der Waals surface area (Å²) in [5.41, 5.74) is 1.89. The summed E-state index contributed by atoms with van der Waals surface area (Å²) in [6, 6.07) is 15.7. The van der Waals surface area contributed by atoms with Crippen molar-refractivity contribution in [1.82, 2.24) is 15.2 Å². The van der Waals surface area contributed by atoms with Gasteiger partial charge in [0.25, 0.3) is 0 Å². The summed E-state index contributed by atoms with van der Waals surface area (Å²) in [5.74, 6) is 1.85. The van der Waals surface area contributed by atoms with Crippen LogP contribution in [0.25, 0.3) is 21.7 Å². The van der Waals surface area contributed by atoms with Gasteiger partial charge in [0.05, 0.1) is 10.2 Å². The van der Waals surface area contributed by atoms with Gasteiger partial charge in [0.2, 0.25) is 11.8 Å². The number of rotatable bonds is 4. The average Bonchev–Trinajstić information content (AvgIpc) is 3.19. The summed E-state index contributed by atoms with van der Waals surface area (Å²) >= 11 is 1.65. The van der Waals surface area contributed by atoms with Gasteiger partial charge < -0.3 is 9.15 Å². The third kappa shape index (κ3) is 2.93. The number of hydrogen-bond acceptors (Lipinski definition) is 6. The topological polar surface area (TPSA) is 61.0 Å². The monoisotopic (exact) mass is 323 g/mol. The molecule has 0 spiro atoms. The predicted molar refractivity (Wildman–Crippen MR) is 88.4 cm³/mol. The summed E-state index contributed by atoms with van der Waals surface area (Å²) in [7, 11) is 0. The Balaban J connectivity index is 1.46. The number of fused-ring (bicyclic) bond motifs is 1. The molecule has 0 unspecified atom stereocenters. The van der Waals surface area contributed by atoms with Gasteiger partial charge in [-0.15, -0.1) is 21.5 Å². The van der Waals surface area contributed by atoms with Crippen molar-refractivity contribution in [3.63, 3.8) is 0 Å². The molecule has 0 atom stereocenters. The van der Waals surface area contributed by atoms with Gasteiger partial charge in [-0.25, -0.2) is 4.98 Å². The van der Waals surface area contributed by atoms with Crippen molar-refractivity contribution in [3.05, 3.63) is 59.4 Å². The molecule has 0 bridgehead atoms. The molecular weight excluding hydrogens is 310 g/mol. The Morgan fingerprint density at radius 3 is 2.61 bits per heavy atom. The molecule has 4 rings (SSSR count). The summed E-state index contributed by atoms with van der Waals surface area (Å²) < 4.78 is 12.4. The molecule has 4 aromatic rings. The van der Waals surface area contributed by atoms with E-state index >= 15 is 0 Å². The van der Waals surface area contributed by atoms with E-state index in [4.69, 9.17) is 9.15 Å². The average molecular weight is 323 g/mol. The van der Waals surface area contributed by atoms with Gasteiger partial charge in [0, 0.05) is 12.5 Å². The number of aromatic nitrogens is 3. The lowest BCUT2D eigenvalue weighted by molar-refractivity contribution is 0.306. The molecule has 2 heterocycles. The fourth-order valence-electron chi connectivity index (χ4n) is 2.23. The Labute approximate surface area is 136 Å². The van der Waals surface area contributed by atoms with E-state index in [9.17, 15) is 0 Å². The van der Waals surface area contributed by atoms with Crippen LogP contribution in [-0.4, -0.2) is 15.2 Å². The third-order valence-electron chi connectivity index (χ3n) is 3.33. The fourth-order valence-corrected chi connectivity index (χ4v) is 3.11. The van der Waals surface area contributed by atoms with Gasteiger partial charge in [0.15, 0.2) is 0 Å². The largest absolute Gasteiger partial charge is 0.486 e. The number of ether oxygens (including phenoxy) is 1. The number of benzene rings is 2. The van der Waals surface area contributed by atoms with Gasteiger partial charge in [0.1, 0.15) is 17.4 Å². The predicted octanol–water partition coefficient (Wildman–Crippen LogP) is 4.23. The summed E-state index contributed by atoms with van der Waals surface area (Å²) in [6.45, 7) is 2.23. The van der Waals surface area contributed by atoms with Crippen molar-refractivity contribution in [1.29, 1.82) is 0 Å². The van der Waals surface area contributed by atoms with Crippen molar-refractivity contribution in [2.75, 3.05) is 0 Å². The van der Waals surface area contributed by atoms with Crippen LogP contribution in [0.1, 0.15) is 10.9 Å². The lowest BCUT2D eigenvalue weighted by atomic mass is 10.2. The molecule has 0 aliphatic rings. The van der Waals surface area contributed by atoms with E-state index in [1.807, 2.05) is 42.5 Å². The Hall–Kier alpha value is -2.73. The highest BCUT2D eigenvalue weighted by atomic mass is 32.1. The molecule has 0 radical (unpaired) electrons. The van der Waals surface area contributed by atoms with Crippen molar-refractivity contribution in [2.24, 2.45) is 0 Å². The Bertz CT molecular complexity index is 911. The number of aryl methyl sites for hydroxylation is 1. The third-order valence-corrected chi connectivity index (χ3v) is 4.34.